The molecule has 1 aliphatic heterocycles. The van der Waals surface area contributed by atoms with Crippen molar-refractivity contribution in [3.8, 4) is 6.07 Å². The summed E-state index contributed by atoms with van der Waals surface area (Å²) in [4.78, 5) is 13.3. The smallest absolute Gasteiger partial charge is 0.221 e. The molecule has 1 fully saturated rings. The van der Waals surface area contributed by atoms with Crippen molar-refractivity contribution < 1.29 is 4.79 Å². The molecule has 5 nitrogen and oxygen atoms in total. The molecule has 0 radical (unpaired) electrons. The first-order valence-electron chi connectivity index (χ1n) is 5.52. The van der Waals surface area contributed by atoms with Crippen LogP contribution in [0.2, 0.25) is 0 Å². The van der Waals surface area contributed by atoms with Gasteiger partial charge in [-0.1, -0.05) is 6.07 Å². The highest BCUT2D eigenvalue weighted by Crippen LogP contribution is 2.26. The lowest BCUT2D eigenvalue weighted by Gasteiger charge is -2.23. The topological polar surface area (TPSA) is 82.2 Å². The predicted molar refractivity (Wildman–Crippen MR) is 65.4 cm³/mol. The molecular weight excluding hydrogens is 216 g/mol. The zero-order valence-corrected chi connectivity index (χ0v) is 9.44. The molecule has 1 aromatic carbocycles. The van der Waals surface area contributed by atoms with E-state index in [1.165, 1.54) is 0 Å². The van der Waals surface area contributed by atoms with Crippen LogP contribution >= 0.6 is 0 Å². The van der Waals surface area contributed by atoms with E-state index in [1.54, 1.807) is 6.07 Å². The van der Waals surface area contributed by atoms with Gasteiger partial charge in [-0.3, -0.25) is 4.79 Å². The molecule has 0 aliphatic carbocycles. The summed E-state index contributed by atoms with van der Waals surface area (Å²) >= 11 is 0. The summed E-state index contributed by atoms with van der Waals surface area (Å²) in [7, 11) is 0. The fourth-order valence-corrected chi connectivity index (χ4v) is 1.93. The Balaban J connectivity index is 2.28. The molecule has 0 spiro atoms. The van der Waals surface area contributed by atoms with Crippen molar-refractivity contribution in [3.63, 3.8) is 0 Å². The number of para-hydroxylation sites is 1. The maximum absolute atomic E-state index is 11.2. The molecule has 0 aromatic heterocycles. The Bertz CT molecular complexity index is 478. The fraction of sp³-hybridized carbons (Fsp3) is 0.333. The summed E-state index contributed by atoms with van der Waals surface area (Å²) < 4.78 is 0. The van der Waals surface area contributed by atoms with E-state index in [1.807, 2.05) is 17.0 Å². The number of nitriles is 1. The summed E-state index contributed by atoms with van der Waals surface area (Å²) in [6.45, 7) is 1.95. The summed E-state index contributed by atoms with van der Waals surface area (Å²) in [5.41, 5.74) is 7.74. The molecule has 0 atom stereocenters. The largest absolute Gasteiger partial charge is 0.396 e. The number of carbonyl (C=O) groups is 1. The molecule has 0 unspecified atom stereocenters. The maximum Gasteiger partial charge on any atom is 0.221 e. The second-order valence-corrected chi connectivity index (χ2v) is 3.94. The van der Waals surface area contributed by atoms with Crippen molar-refractivity contribution in [1.29, 1.82) is 5.26 Å². The average molecular weight is 230 g/mol. The van der Waals surface area contributed by atoms with Gasteiger partial charge >= 0.3 is 0 Å². The first-order chi connectivity index (χ1) is 8.22. The van der Waals surface area contributed by atoms with E-state index >= 15 is 0 Å². The molecule has 3 N–H and O–H groups in total. The molecule has 17 heavy (non-hydrogen) atoms. The summed E-state index contributed by atoms with van der Waals surface area (Å²) in [5.74, 6) is 0.0579. The maximum atomic E-state index is 11.2. The molecule has 1 saturated heterocycles. The van der Waals surface area contributed by atoms with Crippen molar-refractivity contribution in [2.45, 2.75) is 6.42 Å². The van der Waals surface area contributed by atoms with Crippen LogP contribution in [0, 0.1) is 11.3 Å². The first-order valence-corrected chi connectivity index (χ1v) is 5.52. The van der Waals surface area contributed by atoms with Crippen LogP contribution in [0.4, 0.5) is 11.4 Å². The first kappa shape index (κ1) is 11.3. The van der Waals surface area contributed by atoms with Gasteiger partial charge in [0.1, 0.15) is 6.07 Å². The van der Waals surface area contributed by atoms with Crippen LogP contribution in [0.1, 0.15) is 12.0 Å². The number of rotatable bonds is 1. The van der Waals surface area contributed by atoms with Crippen LogP contribution in [0.15, 0.2) is 18.2 Å². The second-order valence-electron chi connectivity index (χ2n) is 3.94. The Hall–Kier alpha value is -2.22. The standard InChI is InChI=1S/C12H14N4O/c13-8-9-2-1-3-10(12(9)14)16-6-4-11(17)15-5-7-16/h1-3H,4-7,14H2,(H,15,17). The monoisotopic (exact) mass is 230 g/mol. The number of anilines is 2. The van der Waals surface area contributed by atoms with Gasteiger partial charge in [0.25, 0.3) is 0 Å². The minimum Gasteiger partial charge on any atom is -0.396 e. The third-order valence-electron chi connectivity index (χ3n) is 2.86. The number of amides is 1. The van der Waals surface area contributed by atoms with Gasteiger partial charge in [0.15, 0.2) is 0 Å². The second kappa shape index (κ2) is 4.74. The minimum absolute atomic E-state index is 0.0579. The van der Waals surface area contributed by atoms with E-state index in [-0.39, 0.29) is 5.91 Å². The third kappa shape index (κ3) is 2.31. The molecule has 1 aromatic rings. The summed E-state index contributed by atoms with van der Waals surface area (Å²) in [6.07, 6.45) is 0.455. The van der Waals surface area contributed by atoms with Gasteiger partial charge in [-0.2, -0.15) is 5.26 Å². The Morgan fingerprint density at radius 3 is 3.00 bits per heavy atom. The lowest BCUT2D eigenvalue weighted by atomic mass is 10.1. The van der Waals surface area contributed by atoms with E-state index in [0.29, 0.717) is 37.3 Å². The van der Waals surface area contributed by atoms with Gasteiger partial charge in [0.2, 0.25) is 5.91 Å². The lowest BCUT2D eigenvalue weighted by molar-refractivity contribution is -0.120. The van der Waals surface area contributed by atoms with Gasteiger partial charge in [0, 0.05) is 26.1 Å². The zero-order chi connectivity index (χ0) is 12.3. The molecule has 0 saturated carbocycles. The van der Waals surface area contributed by atoms with Crippen LogP contribution in [-0.2, 0) is 4.79 Å². The average Bonchev–Trinajstić information content (AvgIpc) is 2.54. The van der Waals surface area contributed by atoms with Crippen LogP contribution < -0.4 is 16.0 Å². The molecule has 88 valence electrons. The van der Waals surface area contributed by atoms with E-state index in [2.05, 4.69) is 11.4 Å². The molecule has 1 heterocycles. The highest BCUT2D eigenvalue weighted by atomic mass is 16.1. The molecule has 0 bridgehead atoms. The molecule has 1 aliphatic rings. The molecule has 2 rings (SSSR count). The van der Waals surface area contributed by atoms with Gasteiger partial charge < -0.3 is 16.0 Å². The number of hydrogen-bond donors (Lipinski definition) is 2. The van der Waals surface area contributed by atoms with Crippen molar-refractivity contribution in [3.05, 3.63) is 23.8 Å². The number of hydrogen-bond acceptors (Lipinski definition) is 4. The van der Waals surface area contributed by atoms with E-state index in [9.17, 15) is 4.79 Å². The zero-order valence-electron chi connectivity index (χ0n) is 9.44. The van der Waals surface area contributed by atoms with Crippen LogP contribution in [-0.4, -0.2) is 25.5 Å². The Kier molecular flexibility index (Phi) is 3.15. The number of carbonyl (C=O) groups excluding carboxylic acids is 1. The van der Waals surface area contributed by atoms with Crippen molar-refractivity contribution in [2.24, 2.45) is 0 Å². The molecule has 1 amide bonds. The quantitative estimate of drug-likeness (QED) is 0.687. The highest BCUT2D eigenvalue weighted by molar-refractivity contribution is 5.79. The van der Waals surface area contributed by atoms with Crippen molar-refractivity contribution in [2.75, 3.05) is 30.3 Å². The van der Waals surface area contributed by atoms with Crippen molar-refractivity contribution in [1.82, 2.24) is 5.32 Å². The number of nitrogens with zero attached hydrogens (tertiary/aromatic N) is 2. The van der Waals surface area contributed by atoms with Gasteiger partial charge in [-0.15, -0.1) is 0 Å². The van der Waals surface area contributed by atoms with Gasteiger partial charge in [-0.05, 0) is 12.1 Å². The summed E-state index contributed by atoms with van der Waals surface area (Å²) in [6, 6.07) is 7.45. The minimum atomic E-state index is 0.0579. The molecular formula is C12H14N4O. The Morgan fingerprint density at radius 2 is 2.24 bits per heavy atom. The van der Waals surface area contributed by atoms with E-state index in [0.717, 1.165) is 5.69 Å². The van der Waals surface area contributed by atoms with Gasteiger partial charge in [0.05, 0.1) is 16.9 Å². The Labute approximate surface area is 99.8 Å². The van der Waals surface area contributed by atoms with Crippen LogP contribution in [0.3, 0.4) is 0 Å². The van der Waals surface area contributed by atoms with Crippen LogP contribution in [0.25, 0.3) is 0 Å². The predicted octanol–water partition coefficient (Wildman–Crippen LogP) is 0.467. The number of nitrogens with two attached hydrogens (primary N) is 1. The van der Waals surface area contributed by atoms with E-state index < -0.39 is 0 Å². The fourth-order valence-electron chi connectivity index (χ4n) is 1.93. The number of benzene rings is 1. The highest BCUT2D eigenvalue weighted by Gasteiger charge is 2.16. The van der Waals surface area contributed by atoms with Crippen LogP contribution in [0.5, 0.6) is 0 Å². The third-order valence-corrected chi connectivity index (χ3v) is 2.86. The lowest BCUT2D eigenvalue weighted by Crippen LogP contribution is -2.29. The number of nitrogens with one attached hydrogen (secondary N) is 1. The summed E-state index contributed by atoms with van der Waals surface area (Å²) in [5, 5.41) is 11.7. The SMILES string of the molecule is N#Cc1cccc(N2CCNC(=O)CC2)c1N. The van der Waals surface area contributed by atoms with Gasteiger partial charge in [-0.25, -0.2) is 0 Å². The molecule has 5 heteroatoms. The van der Waals surface area contributed by atoms with E-state index in [4.69, 9.17) is 11.0 Å². The Morgan fingerprint density at radius 1 is 1.41 bits per heavy atom. The normalized spacial score (nSPS) is 15.9. The van der Waals surface area contributed by atoms with Crippen molar-refractivity contribution >= 4 is 17.3 Å². The number of nitrogen functional groups attached to an aromatic ring is 1.